The van der Waals surface area contributed by atoms with Crippen LogP contribution in [0.25, 0.3) is 0 Å². The number of nitrogens with one attached hydrogen (secondary N) is 1. The Bertz CT molecular complexity index is 784. The summed E-state index contributed by atoms with van der Waals surface area (Å²) in [6, 6.07) is 16.2. The number of sulfonamides is 1. The van der Waals surface area contributed by atoms with E-state index in [-0.39, 0.29) is 10.6 Å². The summed E-state index contributed by atoms with van der Waals surface area (Å²) < 4.78 is 27.1. The quantitative estimate of drug-likeness (QED) is 0.782. The minimum absolute atomic E-state index is 0.0577. The lowest BCUT2D eigenvalue weighted by molar-refractivity contribution is 0.187. The fourth-order valence-electron chi connectivity index (χ4n) is 3.41. The zero-order valence-electron chi connectivity index (χ0n) is 14.8. The SMILES string of the molecule is O=S(=O)(NCCN1CCC(Cc2ccccc2)CC1)c1ccc(O)cc1. The number of likely N-dealkylation sites (tertiary alicyclic amines) is 1. The van der Waals surface area contributed by atoms with Crippen LogP contribution in [0.2, 0.25) is 0 Å². The van der Waals surface area contributed by atoms with Crippen molar-refractivity contribution in [1.29, 1.82) is 0 Å². The summed E-state index contributed by atoms with van der Waals surface area (Å²) in [6.45, 7) is 3.14. The van der Waals surface area contributed by atoms with E-state index in [1.165, 1.54) is 29.8 Å². The summed E-state index contributed by atoms with van der Waals surface area (Å²) in [6.07, 6.45) is 3.43. The molecule has 0 amide bonds. The van der Waals surface area contributed by atoms with Gasteiger partial charge in [-0.2, -0.15) is 0 Å². The first kappa shape index (κ1) is 18.9. The summed E-state index contributed by atoms with van der Waals surface area (Å²) in [5.74, 6) is 0.768. The van der Waals surface area contributed by atoms with E-state index in [0.717, 1.165) is 38.9 Å². The number of hydrogen-bond donors (Lipinski definition) is 2. The normalized spacial score (nSPS) is 16.6. The van der Waals surface area contributed by atoms with Gasteiger partial charge in [-0.3, -0.25) is 0 Å². The van der Waals surface area contributed by atoms with E-state index in [0.29, 0.717) is 12.5 Å². The molecular weight excluding hydrogens is 348 g/mol. The minimum atomic E-state index is -3.52. The van der Waals surface area contributed by atoms with Crippen LogP contribution in [0, 0.1) is 5.92 Å². The third-order valence-electron chi connectivity index (χ3n) is 4.94. The zero-order chi connectivity index (χ0) is 18.4. The van der Waals surface area contributed by atoms with Crippen LogP contribution in [0.15, 0.2) is 59.5 Å². The van der Waals surface area contributed by atoms with Gasteiger partial charge in [0.15, 0.2) is 0 Å². The lowest BCUT2D eigenvalue weighted by Gasteiger charge is -2.32. The molecule has 2 N–H and O–H groups in total. The third kappa shape index (κ3) is 5.30. The van der Waals surface area contributed by atoms with Gasteiger partial charge in [-0.05, 0) is 68.1 Å². The van der Waals surface area contributed by atoms with Crippen molar-refractivity contribution < 1.29 is 13.5 Å². The highest BCUT2D eigenvalue weighted by Gasteiger charge is 2.20. The van der Waals surface area contributed by atoms with E-state index in [4.69, 9.17) is 0 Å². The average molecular weight is 375 g/mol. The van der Waals surface area contributed by atoms with E-state index in [1.54, 1.807) is 0 Å². The number of phenolic OH excluding ortho intramolecular Hbond substituents is 1. The van der Waals surface area contributed by atoms with Crippen molar-refractivity contribution in [3.63, 3.8) is 0 Å². The van der Waals surface area contributed by atoms with Crippen LogP contribution in [0.5, 0.6) is 5.75 Å². The van der Waals surface area contributed by atoms with E-state index >= 15 is 0 Å². The van der Waals surface area contributed by atoms with E-state index in [1.807, 2.05) is 6.07 Å². The van der Waals surface area contributed by atoms with Crippen molar-refractivity contribution in [3.05, 3.63) is 60.2 Å². The van der Waals surface area contributed by atoms with Gasteiger partial charge in [0.2, 0.25) is 10.0 Å². The van der Waals surface area contributed by atoms with Gasteiger partial charge in [0.25, 0.3) is 0 Å². The number of rotatable bonds is 7. The smallest absolute Gasteiger partial charge is 0.240 e. The Labute approximate surface area is 155 Å². The Morgan fingerprint density at radius 2 is 1.65 bits per heavy atom. The third-order valence-corrected chi connectivity index (χ3v) is 6.42. The number of nitrogens with zero attached hydrogens (tertiary/aromatic N) is 1. The molecule has 0 bridgehead atoms. The number of phenols is 1. The molecular formula is C20H26N2O3S. The van der Waals surface area contributed by atoms with Gasteiger partial charge in [0, 0.05) is 13.1 Å². The van der Waals surface area contributed by atoms with E-state index < -0.39 is 10.0 Å². The lowest BCUT2D eigenvalue weighted by atomic mass is 9.90. The molecule has 1 saturated heterocycles. The topological polar surface area (TPSA) is 69.6 Å². The highest BCUT2D eigenvalue weighted by atomic mass is 32.2. The van der Waals surface area contributed by atoms with Crippen molar-refractivity contribution in [2.75, 3.05) is 26.2 Å². The van der Waals surface area contributed by atoms with E-state index in [2.05, 4.69) is 33.9 Å². The number of piperidine rings is 1. The molecule has 1 fully saturated rings. The van der Waals surface area contributed by atoms with Crippen LogP contribution in [0.4, 0.5) is 0 Å². The molecule has 0 saturated carbocycles. The van der Waals surface area contributed by atoms with Crippen LogP contribution in [0.1, 0.15) is 18.4 Å². The fourth-order valence-corrected chi connectivity index (χ4v) is 4.43. The number of hydrogen-bond acceptors (Lipinski definition) is 4. The maximum atomic E-state index is 12.2. The second-order valence-electron chi connectivity index (χ2n) is 6.87. The van der Waals surface area contributed by atoms with Gasteiger partial charge in [-0.15, -0.1) is 0 Å². The van der Waals surface area contributed by atoms with Crippen LogP contribution in [0.3, 0.4) is 0 Å². The Hall–Kier alpha value is -1.89. The van der Waals surface area contributed by atoms with Crippen LogP contribution in [-0.2, 0) is 16.4 Å². The average Bonchev–Trinajstić information content (AvgIpc) is 2.64. The standard InChI is InChI=1S/C20H26N2O3S/c23-19-6-8-20(9-7-19)26(24,25)21-12-15-22-13-10-18(11-14-22)16-17-4-2-1-3-5-17/h1-9,18,21,23H,10-16H2. The summed E-state index contributed by atoms with van der Waals surface area (Å²) in [5.41, 5.74) is 1.40. The second-order valence-corrected chi connectivity index (χ2v) is 8.63. The van der Waals surface area contributed by atoms with Gasteiger partial charge < -0.3 is 10.0 Å². The summed E-state index contributed by atoms with van der Waals surface area (Å²) in [4.78, 5) is 2.50. The highest BCUT2D eigenvalue weighted by molar-refractivity contribution is 7.89. The molecule has 1 heterocycles. The summed E-state index contributed by atoms with van der Waals surface area (Å²) >= 11 is 0. The molecule has 1 aliphatic heterocycles. The molecule has 0 unspecified atom stereocenters. The van der Waals surface area contributed by atoms with Gasteiger partial charge in [-0.1, -0.05) is 30.3 Å². The predicted octanol–water partition coefficient (Wildman–Crippen LogP) is 2.63. The molecule has 0 radical (unpaired) electrons. The van der Waals surface area contributed by atoms with Crippen molar-refractivity contribution in [1.82, 2.24) is 9.62 Å². The van der Waals surface area contributed by atoms with Crippen molar-refractivity contribution >= 4 is 10.0 Å². The minimum Gasteiger partial charge on any atom is -0.508 e. The molecule has 26 heavy (non-hydrogen) atoms. The Balaban J connectivity index is 1.40. The van der Waals surface area contributed by atoms with Crippen molar-refractivity contribution in [2.45, 2.75) is 24.2 Å². The van der Waals surface area contributed by atoms with Crippen LogP contribution >= 0.6 is 0 Å². The van der Waals surface area contributed by atoms with Gasteiger partial charge in [-0.25, -0.2) is 13.1 Å². The first-order valence-electron chi connectivity index (χ1n) is 9.08. The predicted molar refractivity (Wildman–Crippen MR) is 103 cm³/mol. The zero-order valence-corrected chi connectivity index (χ0v) is 15.7. The second kappa shape index (κ2) is 8.66. The molecule has 0 aliphatic carbocycles. The monoisotopic (exact) mass is 374 g/mol. The molecule has 2 aromatic carbocycles. The molecule has 5 nitrogen and oxygen atoms in total. The number of aromatic hydroxyl groups is 1. The molecule has 2 aromatic rings. The largest absolute Gasteiger partial charge is 0.508 e. The first-order chi connectivity index (χ1) is 12.5. The lowest BCUT2D eigenvalue weighted by Crippen LogP contribution is -2.39. The van der Waals surface area contributed by atoms with Gasteiger partial charge in [0.05, 0.1) is 4.90 Å². The maximum Gasteiger partial charge on any atom is 0.240 e. The van der Waals surface area contributed by atoms with Crippen LogP contribution in [-0.4, -0.2) is 44.6 Å². The molecule has 140 valence electrons. The van der Waals surface area contributed by atoms with Crippen LogP contribution < -0.4 is 4.72 Å². The van der Waals surface area contributed by atoms with Crippen molar-refractivity contribution in [2.24, 2.45) is 5.92 Å². The Morgan fingerprint density at radius 3 is 2.31 bits per heavy atom. The molecule has 0 spiro atoms. The van der Waals surface area contributed by atoms with Crippen molar-refractivity contribution in [3.8, 4) is 5.75 Å². The highest BCUT2D eigenvalue weighted by Crippen LogP contribution is 2.21. The molecule has 1 aliphatic rings. The molecule has 6 heteroatoms. The van der Waals surface area contributed by atoms with Gasteiger partial charge in [0.1, 0.15) is 5.75 Å². The summed E-state index contributed by atoms with van der Waals surface area (Å²) in [5, 5.41) is 9.26. The maximum absolute atomic E-state index is 12.2. The molecule has 0 aromatic heterocycles. The molecule has 0 atom stereocenters. The summed E-state index contributed by atoms with van der Waals surface area (Å²) in [7, 11) is -3.52. The first-order valence-corrected chi connectivity index (χ1v) is 10.6. The Kier molecular flexibility index (Phi) is 6.29. The Morgan fingerprint density at radius 1 is 1.00 bits per heavy atom. The van der Waals surface area contributed by atoms with Gasteiger partial charge >= 0.3 is 0 Å². The van der Waals surface area contributed by atoms with E-state index in [9.17, 15) is 13.5 Å². The fraction of sp³-hybridized carbons (Fsp3) is 0.400. The number of benzene rings is 2. The molecule has 3 rings (SSSR count).